The molecule has 0 atom stereocenters. The summed E-state index contributed by atoms with van der Waals surface area (Å²) in [5.41, 5.74) is 4.88. The molecule has 0 aliphatic rings. The molecule has 0 radical (unpaired) electrons. The van der Waals surface area contributed by atoms with Crippen LogP contribution in [0.2, 0.25) is 0 Å². The van der Waals surface area contributed by atoms with E-state index < -0.39 is 0 Å². The van der Waals surface area contributed by atoms with Gasteiger partial charge in [-0.25, -0.2) is 0 Å². The number of ether oxygens (including phenoxy) is 1. The Balaban J connectivity index is 0.00000261. The van der Waals surface area contributed by atoms with Gasteiger partial charge in [-0.15, -0.1) is 24.0 Å². The molecule has 0 bridgehead atoms. The summed E-state index contributed by atoms with van der Waals surface area (Å²) in [6.45, 7) is 3.58. The highest BCUT2D eigenvalue weighted by atomic mass is 127. The first-order chi connectivity index (χ1) is 12.7. The van der Waals surface area contributed by atoms with Crippen LogP contribution >= 0.6 is 24.0 Å². The quantitative estimate of drug-likeness (QED) is 0.285. The van der Waals surface area contributed by atoms with Crippen molar-refractivity contribution in [3.05, 3.63) is 65.4 Å². The van der Waals surface area contributed by atoms with E-state index in [2.05, 4.69) is 51.9 Å². The van der Waals surface area contributed by atoms with Gasteiger partial charge in [0.25, 0.3) is 0 Å². The van der Waals surface area contributed by atoms with E-state index in [-0.39, 0.29) is 24.0 Å². The number of nitrogens with zero attached hydrogens (tertiary/aromatic N) is 1. The second-order valence-corrected chi connectivity index (χ2v) is 6.28. The third-order valence-corrected chi connectivity index (χ3v) is 4.47. The highest BCUT2D eigenvalue weighted by molar-refractivity contribution is 14.0. The molecule has 144 valence electrons. The van der Waals surface area contributed by atoms with Gasteiger partial charge in [0.1, 0.15) is 5.75 Å². The van der Waals surface area contributed by atoms with E-state index in [1.54, 1.807) is 14.2 Å². The maximum absolute atomic E-state index is 5.39. The highest BCUT2D eigenvalue weighted by Crippen LogP contribution is 2.19. The fourth-order valence-corrected chi connectivity index (χ4v) is 3.07. The monoisotopic (exact) mass is 478 g/mol. The molecule has 2 aromatic carbocycles. The van der Waals surface area contributed by atoms with Crippen LogP contribution in [0, 0.1) is 6.92 Å². The molecule has 0 unspecified atom stereocenters. The van der Waals surface area contributed by atoms with E-state index in [1.807, 2.05) is 24.3 Å². The molecule has 6 heteroatoms. The van der Waals surface area contributed by atoms with Crippen molar-refractivity contribution in [2.45, 2.75) is 19.9 Å². The molecule has 0 fully saturated rings. The van der Waals surface area contributed by atoms with E-state index in [0.29, 0.717) is 6.54 Å². The van der Waals surface area contributed by atoms with E-state index in [4.69, 9.17) is 4.74 Å². The van der Waals surface area contributed by atoms with Crippen molar-refractivity contribution in [2.24, 2.45) is 4.99 Å². The largest absolute Gasteiger partial charge is 0.496 e. The number of benzene rings is 2. The zero-order chi connectivity index (χ0) is 18.4. The Labute approximate surface area is 177 Å². The average molecular weight is 478 g/mol. The second kappa shape index (κ2) is 10.2. The summed E-state index contributed by atoms with van der Waals surface area (Å²) < 4.78 is 5.39. The number of aromatic nitrogens is 1. The molecular formula is C21H27IN4O. The number of nitrogens with one attached hydrogen (secondary N) is 3. The van der Waals surface area contributed by atoms with Crippen LogP contribution in [0.5, 0.6) is 5.75 Å². The normalized spacial score (nSPS) is 11.1. The number of rotatable bonds is 6. The lowest BCUT2D eigenvalue weighted by Gasteiger charge is -2.13. The summed E-state index contributed by atoms with van der Waals surface area (Å²) in [5.74, 6) is 1.66. The fraction of sp³-hybridized carbons (Fsp3) is 0.286. The van der Waals surface area contributed by atoms with Crippen molar-refractivity contribution in [1.82, 2.24) is 15.6 Å². The number of halogens is 1. The fourth-order valence-electron chi connectivity index (χ4n) is 3.07. The summed E-state index contributed by atoms with van der Waals surface area (Å²) in [6.07, 6.45) is 3.02. The highest BCUT2D eigenvalue weighted by Gasteiger charge is 2.06. The number of para-hydroxylation sites is 1. The van der Waals surface area contributed by atoms with Crippen LogP contribution in [0.1, 0.15) is 16.7 Å². The molecule has 0 spiro atoms. The molecule has 3 rings (SSSR count). The number of aliphatic imine (C=N–C) groups is 1. The molecule has 0 saturated heterocycles. The van der Waals surface area contributed by atoms with E-state index in [1.165, 1.54) is 22.0 Å². The van der Waals surface area contributed by atoms with Crippen LogP contribution < -0.4 is 15.4 Å². The Morgan fingerprint density at radius 3 is 2.70 bits per heavy atom. The van der Waals surface area contributed by atoms with Gasteiger partial charge in [0.05, 0.1) is 7.11 Å². The summed E-state index contributed by atoms with van der Waals surface area (Å²) in [5, 5.41) is 8.00. The van der Waals surface area contributed by atoms with Gasteiger partial charge in [0, 0.05) is 42.8 Å². The smallest absolute Gasteiger partial charge is 0.191 e. The number of methoxy groups -OCH3 is 1. The number of hydrogen-bond donors (Lipinski definition) is 3. The Bertz CT molecular complexity index is 904. The lowest BCUT2D eigenvalue weighted by Crippen LogP contribution is -2.37. The number of fused-ring (bicyclic) bond motifs is 1. The molecule has 3 N–H and O–H groups in total. The van der Waals surface area contributed by atoms with Gasteiger partial charge in [-0.2, -0.15) is 0 Å². The maximum atomic E-state index is 5.39. The molecule has 0 saturated carbocycles. The van der Waals surface area contributed by atoms with Crippen molar-refractivity contribution < 1.29 is 4.74 Å². The minimum Gasteiger partial charge on any atom is -0.496 e. The number of hydrogen-bond acceptors (Lipinski definition) is 2. The number of H-pyrrole nitrogens is 1. The number of aryl methyl sites for hydroxylation is 1. The van der Waals surface area contributed by atoms with Gasteiger partial charge in [-0.3, -0.25) is 4.99 Å². The van der Waals surface area contributed by atoms with Crippen LogP contribution in [0.15, 0.2) is 53.7 Å². The number of guanidine groups is 1. The Hall–Kier alpha value is -2.22. The Morgan fingerprint density at radius 1 is 1.11 bits per heavy atom. The minimum atomic E-state index is 0. The molecule has 0 aliphatic carbocycles. The second-order valence-electron chi connectivity index (χ2n) is 6.28. The predicted molar refractivity (Wildman–Crippen MR) is 123 cm³/mol. The first-order valence-corrected chi connectivity index (χ1v) is 8.84. The van der Waals surface area contributed by atoms with E-state index in [9.17, 15) is 0 Å². The Morgan fingerprint density at radius 2 is 1.93 bits per heavy atom. The Kier molecular flexibility index (Phi) is 7.97. The predicted octanol–water partition coefficient (Wildman–Crippen LogP) is 4.01. The first kappa shape index (κ1) is 21.1. The number of aromatic amines is 1. The molecule has 27 heavy (non-hydrogen) atoms. The topological polar surface area (TPSA) is 61.4 Å². The van der Waals surface area contributed by atoms with Crippen LogP contribution in [0.4, 0.5) is 0 Å². The zero-order valence-corrected chi connectivity index (χ0v) is 18.3. The lowest BCUT2D eigenvalue weighted by atomic mass is 10.1. The average Bonchev–Trinajstić information content (AvgIpc) is 3.06. The maximum Gasteiger partial charge on any atom is 0.191 e. The van der Waals surface area contributed by atoms with Crippen molar-refractivity contribution >= 4 is 40.8 Å². The summed E-state index contributed by atoms with van der Waals surface area (Å²) >= 11 is 0. The molecule has 1 aromatic heterocycles. The van der Waals surface area contributed by atoms with Crippen molar-refractivity contribution in [3.8, 4) is 5.75 Å². The van der Waals surface area contributed by atoms with Crippen LogP contribution in [-0.2, 0) is 13.0 Å². The molecule has 0 amide bonds. The third kappa shape index (κ3) is 5.38. The first-order valence-electron chi connectivity index (χ1n) is 8.84. The summed E-state index contributed by atoms with van der Waals surface area (Å²) in [7, 11) is 3.47. The third-order valence-electron chi connectivity index (χ3n) is 4.47. The summed E-state index contributed by atoms with van der Waals surface area (Å²) in [6, 6.07) is 14.5. The van der Waals surface area contributed by atoms with E-state index in [0.717, 1.165) is 30.2 Å². The van der Waals surface area contributed by atoms with Gasteiger partial charge in [-0.05, 0) is 36.6 Å². The standard InChI is InChI=1S/C21H26N4O.HI/c1-15-8-9-18-16(13-24-19(18)12-15)10-11-23-21(22-2)25-14-17-6-4-5-7-20(17)26-3;/h4-9,12-13,24H,10-11,14H2,1-3H3,(H2,22,23,25);1H. The molecule has 5 nitrogen and oxygen atoms in total. The summed E-state index contributed by atoms with van der Waals surface area (Å²) in [4.78, 5) is 7.65. The van der Waals surface area contributed by atoms with Gasteiger partial charge >= 0.3 is 0 Å². The van der Waals surface area contributed by atoms with Crippen molar-refractivity contribution in [2.75, 3.05) is 20.7 Å². The zero-order valence-electron chi connectivity index (χ0n) is 16.0. The lowest BCUT2D eigenvalue weighted by molar-refractivity contribution is 0.409. The van der Waals surface area contributed by atoms with Crippen molar-refractivity contribution in [3.63, 3.8) is 0 Å². The molecule has 1 heterocycles. The van der Waals surface area contributed by atoms with Crippen LogP contribution in [0.25, 0.3) is 10.9 Å². The van der Waals surface area contributed by atoms with Crippen LogP contribution in [0.3, 0.4) is 0 Å². The molecule has 0 aliphatic heterocycles. The van der Waals surface area contributed by atoms with Crippen LogP contribution in [-0.4, -0.2) is 31.6 Å². The van der Waals surface area contributed by atoms with Gasteiger partial charge in [0.2, 0.25) is 0 Å². The molecule has 3 aromatic rings. The molecular weight excluding hydrogens is 451 g/mol. The van der Waals surface area contributed by atoms with Gasteiger partial charge < -0.3 is 20.4 Å². The van der Waals surface area contributed by atoms with Gasteiger partial charge in [0.15, 0.2) is 5.96 Å². The minimum absolute atomic E-state index is 0. The SMILES string of the molecule is CN=C(NCCc1c[nH]c2cc(C)ccc12)NCc1ccccc1OC.I. The van der Waals surface area contributed by atoms with E-state index >= 15 is 0 Å². The van der Waals surface area contributed by atoms with Crippen molar-refractivity contribution in [1.29, 1.82) is 0 Å². The van der Waals surface area contributed by atoms with Gasteiger partial charge in [-0.1, -0.05) is 30.3 Å².